The fraction of sp³-hybridized carbons (Fsp3) is 0.194. The van der Waals surface area contributed by atoms with Gasteiger partial charge in [-0.15, -0.1) is 0 Å². The molecule has 4 aliphatic rings. The first kappa shape index (κ1) is 39.1. The first-order valence-corrected chi connectivity index (χ1v) is 23.4. The molecule has 0 saturated carbocycles. The second-order valence-corrected chi connectivity index (χ2v) is 21.1. The molecule has 0 spiro atoms. The van der Waals surface area contributed by atoms with Crippen LogP contribution in [0.5, 0.6) is 0 Å². The zero-order chi connectivity index (χ0) is 45.1. The SMILES string of the molecule is CC1(C)c2ccccc2-c2nc(-c3ccc4c(c3)-c3nc(-c5cccc(-c6ccc7c(n6)-c6cc(-c8ccc9c(n8)-c8ccccc8C9(C)C)ccc6C7(C)C)c5)ccc3C4(C)C)ccc21. The summed E-state index contributed by atoms with van der Waals surface area (Å²) >= 11 is 0. The van der Waals surface area contributed by atoms with Gasteiger partial charge in [-0.05, 0) is 87.0 Å². The van der Waals surface area contributed by atoms with E-state index in [0.29, 0.717) is 0 Å². The van der Waals surface area contributed by atoms with E-state index in [1.54, 1.807) is 0 Å². The summed E-state index contributed by atoms with van der Waals surface area (Å²) in [6, 6.07) is 57.8. The normalized spacial score (nSPS) is 16.4. The van der Waals surface area contributed by atoms with E-state index in [0.717, 1.165) is 67.8 Å². The van der Waals surface area contributed by atoms with Gasteiger partial charge in [-0.3, -0.25) is 0 Å². The molecule has 9 aromatic rings. The minimum Gasteiger partial charge on any atom is -0.247 e. The number of nitrogens with zero attached hydrogens (tertiary/aromatic N) is 4. The predicted molar refractivity (Wildman–Crippen MR) is 270 cm³/mol. The minimum absolute atomic E-state index is 0.0769. The Hall–Kier alpha value is -7.30. The number of fused-ring (bicyclic) bond motifs is 12. The lowest BCUT2D eigenvalue weighted by Crippen LogP contribution is -2.15. The first-order valence-electron chi connectivity index (χ1n) is 23.4. The van der Waals surface area contributed by atoms with Crippen LogP contribution in [0.15, 0.2) is 158 Å². The Labute approximate surface area is 387 Å². The molecule has 0 radical (unpaired) electrons. The van der Waals surface area contributed by atoms with Gasteiger partial charge in [0.1, 0.15) is 0 Å². The summed E-state index contributed by atoms with van der Waals surface area (Å²) in [4.78, 5) is 21.6. The van der Waals surface area contributed by atoms with Crippen LogP contribution >= 0.6 is 0 Å². The van der Waals surface area contributed by atoms with Crippen molar-refractivity contribution in [3.63, 3.8) is 0 Å². The second-order valence-electron chi connectivity index (χ2n) is 21.1. The Morgan fingerprint density at radius 1 is 0.242 bits per heavy atom. The van der Waals surface area contributed by atoms with Crippen LogP contribution < -0.4 is 0 Å². The molecule has 0 unspecified atom stereocenters. The van der Waals surface area contributed by atoms with Gasteiger partial charge in [-0.1, -0.05) is 171 Å². The molecule has 4 aliphatic carbocycles. The Kier molecular flexibility index (Phi) is 7.80. The number of rotatable bonds is 4. The van der Waals surface area contributed by atoms with Gasteiger partial charge in [0.2, 0.25) is 0 Å². The largest absolute Gasteiger partial charge is 0.247 e. The van der Waals surface area contributed by atoms with Gasteiger partial charge in [-0.2, -0.15) is 0 Å². The van der Waals surface area contributed by atoms with Crippen molar-refractivity contribution in [2.45, 2.75) is 77.0 Å². The van der Waals surface area contributed by atoms with Gasteiger partial charge >= 0.3 is 0 Å². The van der Waals surface area contributed by atoms with Gasteiger partial charge in [0.05, 0.1) is 45.6 Å². The molecule has 13 rings (SSSR count). The van der Waals surface area contributed by atoms with Gasteiger partial charge in [0.25, 0.3) is 0 Å². The number of aromatic nitrogens is 4. The lowest BCUT2D eigenvalue weighted by molar-refractivity contribution is 0.658. The smallest absolute Gasteiger partial charge is 0.0753 e. The van der Waals surface area contributed by atoms with E-state index in [1.807, 2.05) is 0 Å². The van der Waals surface area contributed by atoms with E-state index in [1.165, 1.54) is 66.8 Å². The van der Waals surface area contributed by atoms with E-state index in [2.05, 4.69) is 213 Å². The summed E-state index contributed by atoms with van der Waals surface area (Å²) < 4.78 is 0. The molecular formula is C62H50N4. The van der Waals surface area contributed by atoms with E-state index in [9.17, 15) is 0 Å². The number of hydrogen-bond acceptors (Lipinski definition) is 4. The summed E-state index contributed by atoms with van der Waals surface area (Å²) in [5, 5.41) is 0. The molecule has 4 nitrogen and oxygen atoms in total. The molecule has 0 aliphatic heterocycles. The van der Waals surface area contributed by atoms with Gasteiger partial charge in [0.15, 0.2) is 0 Å². The fourth-order valence-corrected chi connectivity index (χ4v) is 12.1. The van der Waals surface area contributed by atoms with Crippen molar-refractivity contribution in [2.24, 2.45) is 0 Å². The number of hydrogen-bond donors (Lipinski definition) is 0. The molecule has 0 fully saturated rings. The van der Waals surface area contributed by atoms with E-state index < -0.39 is 0 Å². The monoisotopic (exact) mass is 850 g/mol. The van der Waals surface area contributed by atoms with Crippen LogP contribution in [0.1, 0.15) is 99.9 Å². The van der Waals surface area contributed by atoms with E-state index >= 15 is 0 Å². The molecule has 5 aromatic carbocycles. The summed E-state index contributed by atoms with van der Waals surface area (Å²) in [6.45, 7) is 18.5. The Balaban J connectivity index is 0.851. The number of pyridine rings is 4. The maximum absolute atomic E-state index is 5.48. The average molecular weight is 851 g/mol. The molecule has 0 saturated heterocycles. The van der Waals surface area contributed by atoms with Crippen LogP contribution in [0.4, 0.5) is 0 Å². The number of benzene rings is 5. The van der Waals surface area contributed by atoms with Crippen molar-refractivity contribution in [3.8, 4) is 90.1 Å². The molecule has 66 heavy (non-hydrogen) atoms. The van der Waals surface area contributed by atoms with E-state index in [4.69, 9.17) is 19.9 Å². The van der Waals surface area contributed by atoms with Crippen molar-refractivity contribution < 1.29 is 0 Å². The standard InChI is InChI=1S/C62H50N4/c1-59(2)43-18-11-9-16-39(43)55-47(59)24-30-53(63-55)37-20-22-45-41(33-37)57-49(61(45,5)6)26-28-51(65-57)35-14-13-15-36(32-35)52-29-27-50-58(66-52)42-34-38(21-23-46(42)62(50,7)8)54-31-25-48-56(64-54)40-17-10-12-19-44(40)60(48,3)4/h9-34H,1-8H3. The molecule has 4 heteroatoms. The summed E-state index contributed by atoms with van der Waals surface area (Å²) in [6.07, 6.45) is 0. The Bertz CT molecular complexity index is 3370. The van der Waals surface area contributed by atoms with E-state index in [-0.39, 0.29) is 21.7 Å². The van der Waals surface area contributed by atoms with Crippen molar-refractivity contribution >= 4 is 0 Å². The van der Waals surface area contributed by atoms with Crippen LogP contribution in [0, 0.1) is 0 Å². The molecule has 0 amide bonds. The topological polar surface area (TPSA) is 51.6 Å². The summed E-state index contributed by atoms with van der Waals surface area (Å²) in [7, 11) is 0. The van der Waals surface area contributed by atoms with Crippen LogP contribution in [-0.2, 0) is 21.7 Å². The fourth-order valence-electron chi connectivity index (χ4n) is 12.1. The third-order valence-corrected chi connectivity index (χ3v) is 15.9. The highest BCUT2D eigenvalue weighted by Crippen LogP contribution is 2.53. The van der Waals surface area contributed by atoms with Crippen LogP contribution in [0.2, 0.25) is 0 Å². The zero-order valence-electron chi connectivity index (χ0n) is 38.8. The zero-order valence-corrected chi connectivity index (χ0v) is 38.8. The van der Waals surface area contributed by atoms with Crippen LogP contribution in [-0.4, -0.2) is 19.9 Å². The Morgan fingerprint density at radius 3 is 0.894 bits per heavy atom. The van der Waals surface area contributed by atoms with Crippen molar-refractivity contribution in [2.75, 3.05) is 0 Å². The lowest BCUT2D eigenvalue weighted by Gasteiger charge is -2.21. The van der Waals surface area contributed by atoms with Crippen LogP contribution in [0.3, 0.4) is 0 Å². The van der Waals surface area contributed by atoms with Crippen molar-refractivity contribution in [1.82, 2.24) is 19.9 Å². The molecule has 0 bridgehead atoms. The van der Waals surface area contributed by atoms with Crippen molar-refractivity contribution in [1.29, 1.82) is 0 Å². The molecule has 318 valence electrons. The summed E-state index contributed by atoms with van der Waals surface area (Å²) in [5.74, 6) is 0. The van der Waals surface area contributed by atoms with Gasteiger partial charge in [-0.25, -0.2) is 19.9 Å². The molecule has 0 N–H and O–H groups in total. The highest BCUT2D eigenvalue weighted by Gasteiger charge is 2.41. The molecule has 4 heterocycles. The van der Waals surface area contributed by atoms with Gasteiger partial charge in [0, 0.05) is 66.2 Å². The molecule has 4 aromatic heterocycles. The maximum atomic E-state index is 5.48. The third kappa shape index (κ3) is 5.27. The maximum Gasteiger partial charge on any atom is 0.0753 e. The quantitative estimate of drug-likeness (QED) is 0.177. The lowest BCUT2D eigenvalue weighted by atomic mass is 9.82. The average Bonchev–Trinajstić information content (AvgIpc) is 3.90. The van der Waals surface area contributed by atoms with Crippen molar-refractivity contribution in [3.05, 3.63) is 202 Å². The highest BCUT2D eigenvalue weighted by atomic mass is 14.8. The Morgan fingerprint density at radius 2 is 0.530 bits per heavy atom. The van der Waals surface area contributed by atoms with Crippen LogP contribution in [0.25, 0.3) is 90.1 Å². The molecular weight excluding hydrogens is 801 g/mol. The predicted octanol–water partition coefficient (Wildman–Crippen LogP) is 15.2. The second kappa shape index (κ2) is 13.2. The minimum atomic E-state index is -0.178. The highest BCUT2D eigenvalue weighted by molar-refractivity contribution is 5.87. The van der Waals surface area contributed by atoms with Gasteiger partial charge < -0.3 is 0 Å². The third-order valence-electron chi connectivity index (χ3n) is 15.9. The summed E-state index contributed by atoms with van der Waals surface area (Å²) in [5.41, 5.74) is 27.1. The first-order chi connectivity index (χ1) is 31.7. The molecule has 0 atom stereocenters.